The van der Waals surface area contributed by atoms with Crippen LogP contribution in [0.3, 0.4) is 0 Å². The van der Waals surface area contributed by atoms with E-state index in [0.29, 0.717) is 61.0 Å². The molecule has 7 nitrogen and oxygen atoms in total. The number of ether oxygens (including phenoxy) is 2. The van der Waals surface area contributed by atoms with E-state index < -0.39 is 0 Å². The topological polar surface area (TPSA) is 81.0 Å². The van der Waals surface area contributed by atoms with E-state index in [-0.39, 0.29) is 17.6 Å². The van der Waals surface area contributed by atoms with Gasteiger partial charge in [0.25, 0.3) is 11.8 Å². The van der Waals surface area contributed by atoms with Crippen molar-refractivity contribution in [1.82, 2.24) is 4.90 Å². The van der Waals surface area contributed by atoms with Crippen LogP contribution in [0.2, 0.25) is 0 Å². The molecule has 2 heterocycles. The third kappa shape index (κ3) is 4.94. The van der Waals surface area contributed by atoms with Crippen LogP contribution in [0.1, 0.15) is 41.2 Å². The zero-order chi connectivity index (χ0) is 22.5. The molecule has 2 amide bonds. The summed E-state index contributed by atoms with van der Waals surface area (Å²) in [6.45, 7) is 6.88. The number of amides is 2. The smallest absolute Gasteiger partial charge is 0.291 e. The molecule has 1 aliphatic rings. The number of carbonyl (C=O) groups is 2. The minimum atomic E-state index is -0.318. The molecule has 4 rings (SSSR count). The van der Waals surface area contributed by atoms with Crippen LogP contribution in [0.5, 0.6) is 5.75 Å². The van der Waals surface area contributed by atoms with Crippen LogP contribution >= 0.6 is 0 Å². The highest BCUT2D eigenvalue weighted by Gasteiger charge is 2.27. The van der Waals surface area contributed by atoms with Crippen LogP contribution in [-0.4, -0.2) is 49.6 Å². The molecule has 7 heteroatoms. The first-order valence-corrected chi connectivity index (χ1v) is 11.0. The van der Waals surface area contributed by atoms with Crippen LogP contribution in [0, 0.1) is 5.92 Å². The normalized spacial score (nSPS) is 14.0. The second-order valence-corrected chi connectivity index (χ2v) is 8.22. The van der Waals surface area contributed by atoms with Gasteiger partial charge >= 0.3 is 0 Å². The molecule has 0 bridgehead atoms. The Labute approximate surface area is 187 Å². The van der Waals surface area contributed by atoms with Gasteiger partial charge in [-0.05, 0) is 48.7 Å². The minimum absolute atomic E-state index is 0.134. The lowest BCUT2D eigenvalue weighted by molar-refractivity contribution is 0.0285. The van der Waals surface area contributed by atoms with Gasteiger partial charge < -0.3 is 24.1 Å². The molecule has 3 aromatic rings. The first-order valence-electron chi connectivity index (χ1n) is 11.0. The maximum Gasteiger partial charge on any atom is 0.291 e. The number of para-hydroxylation sites is 1. The Morgan fingerprint density at radius 1 is 1.06 bits per heavy atom. The van der Waals surface area contributed by atoms with E-state index in [1.165, 1.54) is 0 Å². The number of hydrogen-bond acceptors (Lipinski definition) is 5. The maximum atomic E-state index is 13.1. The summed E-state index contributed by atoms with van der Waals surface area (Å²) in [5, 5.41) is 3.58. The van der Waals surface area contributed by atoms with Crippen molar-refractivity contribution < 1.29 is 23.5 Å². The standard InChI is InChI=1S/C25H28N2O5/c1-17(2)11-14-31-19-9-7-18(8-10-19)24(28)26-22-20-5-3-4-6-21(20)32-23(22)25(29)27-12-15-30-16-13-27/h3-10,17H,11-16H2,1-2H3,(H,26,28). The number of carbonyl (C=O) groups excluding carboxylic acids is 2. The molecular formula is C25H28N2O5. The highest BCUT2D eigenvalue weighted by Crippen LogP contribution is 2.32. The van der Waals surface area contributed by atoms with Gasteiger partial charge in [0.1, 0.15) is 17.0 Å². The lowest BCUT2D eigenvalue weighted by atomic mass is 10.1. The Morgan fingerprint density at radius 3 is 2.50 bits per heavy atom. The molecule has 0 unspecified atom stereocenters. The first-order chi connectivity index (χ1) is 15.5. The number of morpholine rings is 1. The van der Waals surface area contributed by atoms with E-state index in [0.717, 1.165) is 12.2 Å². The van der Waals surface area contributed by atoms with E-state index in [1.54, 1.807) is 35.2 Å². The Balaban J connectivity index is 1.54. The van der Waals surface area contributed by atoms with Gasteiger partial charge in [-0.15, -0.1) is 0 Å². The molecule has 1 aromatic heterocycles. The van der Waals surface area contributed by atoms with Gasteiger partial charge in [0.2, 0.25) is 5.76 Å². The van der Waals surface area contributed by atoms with Crippen molar-refractivity contribution in [1.29, 1.82) is 0 Å². The van der Waals surface area contributed by atoms with Gasteiger partial charge in [-0.2, -0.15) is 0 Å². The molecule has 0 saturated carbocycles. The molecule has 0 atom stereocenters. The van der Waals surface area contributed by atoms with Gasteiger partial charge in [-0.25, -0.2) is 0 Å². The van der Waals surface area contributed by atoms with Crippen molar-refractivity contribution in [3.05, 3.63) is 59.9 Å². The molecule has 0 radical (unpaired) electrons. The summed E-state index contributed by atoms with van der Waals surface area (Å²) in [6, 6.07) is 14.3. The van der Waals surface area contributed by atoms with E-state index >= 15 is 0 Å². The maximum absolute atomic E-state index is 13.1. The number of hydrogen-bond donors (Lipinski definition) is 1. The fourth-order valence-electron chi connectivity index (χ4n) is 3.53. The van der Waals surface area contributed by atoms with Gasteiger partial charge in [-0.1, -0.05) is 26.0 Å². The van der Waals surface area contributed by atoms with Crippen molar-refractivity contribution in [2.75, 3.05) is 38.2 Å². The SMILES string of the molecule is CC(C)CCOc1ccc(C(=O)Nc2c(C(=O)N3CCOCC3)oc3ccccc23)cc1. The van der Waals surface area contributed by atoms with E-state index in [1.807, 2.05) is 18.2 Å². The van der Waals surface area contributed by atoms with Crippen molar-refractivity contribution >= 4 is 28.5 Å². The Bertz CT molecular complexity index is 1080. The van der Waals surface area contributed by atoms with Crippen molar-refractivity contribution in [2.45, 2.75) is 20.3 Å². The van der Waals surface area contributed by atoms with E-state index in [9.17, 15) is 9.59 Å². The number of furan rings is 1. The first kappa shape index (κ1) is 21.9. The Kier molecular flexibility index (Phi) is 6.75. The van der Waals surface area contributed by atoms with Crippen LogP contribution in [0.25, 0.3) is 11.0 Å². The highest BCUT2D eigenvalue weighted by atomic mass is 16.5. The minimum Gasteiger partial charge on any atom is -0.494 e. The second kappa shape index (κ2) is 9.87. The van der Waals surface area contributed by atoms with Gasteiger partial charge in [0, 0.05) is 24.0 Å². The molecule has 1 N–H and O–H groups in total. The highest BCUT2D eigenvalue weighted by molar-refractivity contribution is 6.14. The summed E-state index contributed by atoms with van der Waals surface area (Å²) in [6.07, 6.45) is 0.968. The summed E-state index contributed by atoms with van der Waals surface area (Å²) < 4.78 is 16.9. The Morgan fingerprint density at radius 2 is 1.78 bits per heavy atom. The van der Waals surface area contributed by atoms with E-state index in [2.05, 4.69) is 19.2 Å². The second-order valence-electron chi connectivity index (χ2n) is 8.22. The predicted octanol–water partition coefficient (Wildman–Crippen LogP) is 4.58. The summed E-state index contributed by atoms with van der Waals surface area (Å²) >= 11 is 0. The summed E-state index contributed by atoms with van der Waals surface area (Å²) in [4.78, 5) is 27.8. The average molecular weight is 437 g/mol. The van der Waals surface area contributed by atoms with Crippen molar-refractivity contribution in [2.24, 2.45) is 5.92 Å². The fourth-order valence-corrected chi connectivity index (χ4v) is 3.53. The number of benzene rings is 2. The summed E-state index contributed by atoms with van der Waals surface area (Å²) in [5.41, 5.74) is 1.41. The molecule has 0 spiro atoms. The average Bonchev–Trinajstić information content (AvgIpc) is 3.17. The number of nitrogens with zero attached hydrogens (tertiary/aromatic N) is 1. The third-order valence-corrected chi connectivity index (χ3v) is 5.41. The van der Waals surface area contributed by atoms with Gasteiger partial charge in [-0.3, -0.25) is 9.59 Å². The lowest BCUT2D eigenvalue weighted by Gasteiger charge is -2.26. The largest absolute Gasteiger partial charge is 0.494 e. The van der Waals surface area contributed by atoms with E-state index in [4.69, 9.17) is 13.9 Å². The molecule has 1 fully saturated rings. The molecular weight excluding hydrogens is 408 g/mol. The molecule has 1 aliphatic heterocycles. The monoisotopic (exact) mass is 436 g/mol. The molecule has 2 aromatic carbocycles. The molecule has 0 aliphatic carbocycles. The number of nitrogens with one attached hydrogen (secondary N) is 1. The molecule has 1 saturated heterocycles. The number of anilines is 1. The van der Waals surface area contributed by atoms with Crippen LogP contribution < -0.4 is 10.1 Å². The van der Waals surface area contributed by atoms with Crippen LogP contribution in [0.4, 0.5) is 5.69 Å². The zero-order valence-electron chi connectivity index (χ0n) is 18.4. The lowest BCUT2D eigenvalue weighted by Crippen LogP contribution is -2.40. The summed E-state index contributed by atoms with van der Waals surface area (Å²) in [5.74, 6) is 0.850. The van der Waals surface area contributed by atoms with Gasteiger partial charge in [0.15, 0.2) is 0 Å². The Hall–Kier alpha value is -3.32. The van der Waals surface area contributed by atoms with Crippen molar-refractivity contribution in [3.8, 4) is 5.75 Å². The predicted molar refractivity (Wildman–Crippen MR) is 122 cm³/mol. The van der Waals surface area contributed by atoms with Crippen molar-refractivity contribution in [3.63, 3.8) is 0 Å². The fraction of sp³-hybridized carbons (Fsp3) is 0.360. The number of rotatable bonds is 7. The van der Waals surface area contributed by atoms with Gasteiger partial charge in [0.05, 0.1) is 19.8 Å². The number of fused-ring (bicyclic) bond motifs is 1. The summed E-state index contributed by atoms with van der Waals surface area (Å²) in [7, 11) is 0. The van der Waals surface area contributed by atoms with Crippen LogP contribution in [0.15, 0.2) is 52.9 Å². The zero-order valence-corrected chi connectivity index (χ0v) is 18.4. The quantitative estimate of drug-likeness (QED) is 0.586. The third-order valence-electron chi connectivity index (χ3n) is 5.41. The van der Waals surface area contributed by atoms with Crippen LogP contribution in [-0.2, 0) is 4.74 Å². The molecule has 32 heavy (non-hydrogen) atoms. The molecule has 168 valence electrons.